The average molecular weight is 302 g/mol. The van der Waals surface area contributed by atoms with Crippen LogP contribution in [0.4, 0.5) is 5.69 Å². The van der Waals surface area contributed by atoms with Gasteiger partial charge in [0.1, 0.15) is 24.4 Å². The number of nitro groups is 1. The van der Waals surface area contributed by atoms with Crippen LogP contribution in [0.25, 0.3) is 0 Å². The second-order valence-corrected chi connectivity index (χ2v) is 4.26. The van der Waals surface area contributed by atoms with Gasteiger partial charge in [0.25, 0.3) is 5.69 Å². The van der Waals surface area contributed by atoms with E-state index in [4.69, 9.17) is 11.6 Å². The van der Waals surface area contributed by atoms with Crippen molar-refractivity contribution >= 4 is 11.5 Å². The number of hydrogen-bond acceptors (Lipinski definition) is 8. The van der Waals surface area contributed by atoms with Crippen molar-refractivity contribution in [1.29, 1.82) is 0 Å². The zero-order chi connectivity index (χ0) is 17.0. The lowest BCUT2D eigenvalue weighted by molar-refractivity contribution is -0.384. The molecule has 5 N–H and O–H groups in total. The largest absolute Gasteiger partial charge is 0.394 e. The molecule has 0 bridgehead atoms. The van der Waals surface area contributed by atoms with Gasteiger partial charge in [-0.2, -0.15) is 0 Å². The second kappa shape index (κ2) is 7.20. The predicted octanol–water partition coefficient (Wildman–Crippen LogP) is -1.79. The first-order valence-electron chi connectivity index (χ1n) is 6.33. The van der Waals surface area contributed by atoms with Gasteiger partial charge in [-0.15, -0.1) is 0 Å². The Labute approximate surface area is 120 Å². The molecule has 0 saturated heterocycles. The van der Waals surface area contributed by atoms with E-state index in [-0.39, 0.29) is 0 Å². The maximum absolute atomic E-state index is 11.9. The highest BCUT2D eigenvalue weighted by Crippen LogP contribution is 2.15. The van der Waals surface area contributed by atoms with Crippen molar-refractivity contribution in [3.63, 3.8) is 0 Å². The minimum atomic E-state index is -2.18. The highest BCUT2D eigenvalue weighted by molar-refractivity contribution is 5.99. The predicted molar refractivity (Wildman–Crippen MR) is 68.5 cm³/mol. The maximum Gasteiger partial charge on any atom is 0.269 e. The average Bonchev–Trinajstić information content (AvgIpc) is 2.50. The summed E-state index contributed by atoms with van der Waals surface area (Å²) >= 11 is 0. The van der Waals surface area contributed by atoms with Crippen molar-refractivity contribution in [1.82, 2.24) is 0 Å². The Morgan fingerprint density at radius 1 is 1.24 bits per heavy atom. The van der Waals surface area contributed by atoms with E-state index in [1.54, 1.807) is 0 Å². The lowest BCUT2D eigenvalue weighted by atomic mass is 9.96. The SMILES string of the molecule is [2H]c1cc([N+](=O)[O-])ccc1C(=O)[C@H](O)[C@@H](O)[C@H](O)[C@H](O)CO. The molecule has 0 radical (unpaired) electrons. The van der Waals surface area contributed by atoms with Crippen LogP contribution in [-0.4, -0.2) is 67.3 Å². The third-order valence-electron chi connectivity index (χ3n) is 2.80. The van der Waals surface area contributed by atoms with Crippen molar-refractivity contribution in [3.05, 3.63) is 39.9 Å². The van der Waals surface area contributed by atoms with Gasteiger partial charge < -0.3 is 25.5 Å². The first-order chi connectivity index (χ1) is 10.2. The molecule has 0 amide bonds. The van der Waals surface area contributed by atoms with E-state index in [0.29, 0.717) is 0 Å². The number of ketones is 1. The number of aliphatic hydroxyl groups excluding tert-OH is 5. The topological polar surface area (TPSA) is 161 Å². The molecule has 9 nitrogen and oxygen atoms in total. The lowest BCUT2D eigenvalue weighted by Crippen LogP contribution is -2.48. The molecule has 21 heavy (non-hydrogen) atoms. The normalized spacial score (nSPS) is 17.5. The molecule has 0 aliphatic heterocycles. The number of nitro benzene ring substituents is 1. The fraction of sp³-hybridized carbons (Fsp3) is 0.417. The van der Waals surface area contributed by atoms with E-state index < -0.39 is 59.0 Å². The number of hydrogen-bond donors (Lipinski definition) is 5. The quantitative estimate of drug-likeness (QED) is 0.224. The van der Waals surface area contributed by atoms with Gasteiger partial charge in [-0.05, 0) is 12.1 Å². The summed E-state index contributed by atoms with van der Waals surface area (Å²) in [6, 6.07) is 2.14. The zero-order valence-electron chi connectivity index (χ0n) is 11.7. The molecule has 0 unspecified atom stereocenters. The Bertz CT molecular complexity index is 566. The first-order valence-corrected chi connectivity index (χ1v) is 5.83. The van der Waals surface area contributed by atoms with Crippen molar-refractivity contribution < 1.29 is 36.6 Å². The zero-order valence-corrected chi connectivity index (χ0v) is 10.7. The molecule has 0 aliphatic rings. The van der Waals surface area contributed by atoms with Crippen LogP contribution >= 0.6 is 0 Å². The number of carbonyl (C=O) groups is 1. The summed E-state index contributed by atoms with van der Waals surface area (Å²) in [5, 5.41) is 57.0. The van der Waals surface area contributed by atoms with Gasteiger partial charge in [0.05, 0.1) is 12.9 Å². The number of carbonyl (C=O) groups excluding carboxylic acids is 1. The van der Waals surface area contributed by atoms with E-state index in [0.717, 1.165) is 18.2 Å². The number of nitrogens with zero attached hydrogens (tertiary/aromatic N) is 1. The summed E-state index contributed by atoms with van der Waals surface area (Å²) in [6.07, 6.45) is -8.05. The fourth-order valence-electron chi connectivity index (χ4n) is 1.52. The Morgan fingerprint density at radius 2 is 1.86 bits per heavy atom. The Hall–Kier alpha value is -1.91. The van der Waals surface area contributed by atoms with E-state index >= 15 is 0 Å². The van der Waals surface area contributed by atoms with Crippen LogP contribution in [0.5, 0.6) is 0 Å². The number of benzene rings is 1. The summed E-state index contributed by atoms with van der Waals surface area (Å²) in [7, 11) is 0. The third kappa shape index (κ3) is 4.03. The summed E-state index contributed by atoms with van der Waals surface area (Å²) < 4.78 is 7.53. The van der Waals surface area contributed by atoms with Crippen LogP contribution < -0.4 is 0 Å². The van der Waals surface area contributed by atoms with E-state index in [1.165, 1.54) is 0 Å². The summed E-state index contributed by atoms with van der Waals surface area (Å²) in [6.45, 7) is -0.902. The fourth-order valence-corrected chi connectivity index (χ4v) is 1.52. The van der Waals surface area contributed by atoms with E-state index in [2.05, 4.69) is 0 Å². The van der Waals surface area contributed by atoms with Crippen molar-refractivity contribution in [2.75, 3.05) is 6.61 Å². The van der Waals surface area contributed by atoms with Crippen molar-refractivity contribution in [2.24, 2.45) is 0 Å². The number of aliphatic hydroxyl groups is 5. The lowest BCUT2D eigenvalue weighted by Gasteiger charge is -2.24. The highest BCUT2D eigenvalue weighted by atomic mass is 16.6. The van der Waals surface area contributed by atoms with Crippen LogP contribution in [0.1, 0.15) is 11.7 Å². The summed E-state index contributed by atoms with van der Waals surface area (Å²) in [5.74, 6) is -1.16. The van der Waals surface area contributed by atoms with Gasteiger partial charge in [0, 0.05) is 17.7 Å². The van der Waals surface area contributed by atoms with Gasteiger partial charge in [-0.25, -0.2) is 0 Å². The van der Waals surface area contributed by atoms with Crippen molar-refractivity contribution in [3.8, 4) is 0 Å². The van der Waals surface area contributed by atoms with Crippen LogP contribution in [-0.2, 0) is 0 Å². The third-order valence-corrected chi connectivity index (χ3v) is 2.80. The van der Waals surface area contributed by atoms with Gasteiger partial charge in [0.2, 0.25) is 0 Å². The minimum absolute atomic E-state index is 0.400. The van der Waals surface area contributed by atoms with E-state index in [9.17, 15) is 30.2 Å². The van der Waals surface area contributed by atoms with Crippen LogP contribution in [0.3, 0.4) is 0 Å². The summed E-state index contributed by atoms with van der Waals surface area (Å²) in [4.78, 5) is 21.7. The first kappa shape index (κ1) is 15.5. The van der Waals surface area contributed by atoms with Crippen LogP contribution in [0.15, 0.2) is 24.2 Å². The molecule has 1 aromatic rings. The standard InChI is InChI=1S/C12H15NO8/c14-5-8(15)10(17)12(19)11(18)9(16)6-1-3-7(4-2-6)13(20)21/h1-4,8,10-12,14-15,17-19H,5H2/t8-,10-,11+,12+/m1/s1/i1D. The van der Waals surface area contributed by atoms with Gasteiger partial charge >= 0.3 is 0 Å². The van der Waals surface area contributed by atoms with Gasteiger partial charge in [0.15, 0.2) is 5.78 Å². The molecule has 4 atom stereocenters. The van der Waals surface area contributed by atoms with Gasteiger partial charge in [-0.1, -0.05) is 0 Å². The van der Waals surface area contributed by atoms with Crippen LogP contribution in [0.2, 0.25) is 0 Å². The Kier molecular flexibility index (Phi) is 5.31. The molecule has 0 aliphatic carbocycles. The smallest absolute Gasteiger partial charge is 0.269 e. The molecular weight excluding hydrogens is 286 g/mol. The minimum Gasteiger partial charge on any atom is -0.394 e. The monoisotopic (exact) mass is 302 g/mol. The summed E-state index contributed by atoms with van der Waals surface area (Å²) in [5.41, 5.74) is -0.824. The second-order valence-electron chi connectivity index (χ2n) is 4.26. The molecular formula is C12H15NO8. The molecule has 0 heterocycles. The molecule has 0 saturated carbocycles. The molecule has 1 rings (SSSR count). The Morgan fingerprint density at radius 3 is 2.33 bits per heavy atom. The number of rotatable bonds is 7. The van der Waals surface area contributed by atoms with Crippen molar-refractivity contribution in [2.45, 2.75) is 24.4 Å². The molecule has 0 aromatic heterocycles. The molecule has 0 fully saturated rings. The van der Waals surface area contributed by atoms with Gasteiger partial charge in [-0.3, -0.25) is 14.9 Å². The molecule has 9 heteroatoms. The Balaban J connectivity index is 2.98. The molecule has 0 spiro atoms. The van der Waals surface area contributed by atoms with E-state index in [1.807, 2.05) is 0 Å². The number of non-ortho nitro benzene ring substituents is 1. The van der Waals surface area contributed by atoms with Crippen LogP contribution in [0, 0.1) is 10.1 Å². The highest BCUT2D eigenvalue weighted by Gasteiger charge is 2.34. The number of Topliss-reactive ketones (excluding diaryl/α,β-unsaturated/α-hetero) is 1. The molecule has 116 valence electrons. The molecule has 1 aromatic carbocycles. The maximum atomic E-state index is 11.9.